The van der Waals surface area contributed by atoms with E-state index >= 15 is 0 Å². The summed E-state index contributed by atoms with van der Waals surface area (Å²) in [5.74, 6) is 1.38. The summed E-state index contributed by atoms with van der Waals surface area (Å²) in [4.78, 5) is 27.2. The van der Waals surface area contributed by atoms with Gasteiger partial charge in [0, 0.05) is 30.6 Å². The van der Waals surface area contributed by atoms with E-state index in [1.165, 1.54) is 18.9 Å². The minimum Gasteiger partial charge on any atom is -0.446 e. The number of nitrogens with one attached hydrogen (secondary N) is 1. The highest BCUT2D eigenvalue weighted by Crippen LogP contribution is 2.70. The van der Waals surface area contributed by atoms with Crippen molar-refractivity contribution in [3.63, 3.8) is 0 Å². The van der Waals surface area contributed by atoms with Gasteiger partial charge in [0.15, 0.2) is 0 Å². The first-order valence-electron chi connectivity index (χ1n) is 21.9. The average molecular weight is 771 g/mol. The molecule has 0 radical (unpaired) electrons. The number of alkyl carbamates (subject to hydrolysis) is 1. The Balaban J connectivity index is 0.818. The average Bonchev–Trinajstić information content (AvgIpc) is 3.44. The van der Waals surface area contributed by atoms with Crippen LogP contribution >= 0.6 is 7.60 Å². The molecule has 2 heterocycles. The van der Waals surface area contributed by atoms with Gasteiger partial charge in [-0.25, -0.2) is 9.59 Å². The second-order valence-electron chi connectivity index (χ2n) is 19.2. The van der Waals surface area contributed by atoms with Crippen molar-refractivity contribution >= 4 is 13.7 Å². The zero-order valence-corrected chi connectivity index (χ0v) is 33.9. The number of nitrogens with zero attached hydrogens (tertiary/aromatic N) is 1. The van der Waals surface area contributed by atoms with Gasteiger partial charge in [-0.3, -0.25) is 9.46 Å². The van der Waals surface area contributed by atoms with Gasteiger partial charge < -0.3 is 28.6 Å². The van der Waals surface area contributed by atoms with Crippen LogP contribution in [0.1, 0.15) is 160 Å². The molecular formula is C43H67N2O8P. The minimum absolute atomic E-state index is 0.0346. The molecule has 0 unspecified atom stereocenters. The number of rotatable bonds is 9. The summed E-state index contributed by atoms with van der Waals surface area (Å²) in [7, 11) is -3.27. The van der Waals surface area contributed by atoms with Crippen LogP contribution in [-0.4, -0.2) is 65.4 Å². The summed E-state index contributed by atoms with van der Waals surface area (Å²) >= 11 is 0. The van der Waals surface area contributed by atoms with Gasteiger partial charge >= 0.3 is 19.3 Å². The molecule has 8 rings (SSSR count). The Kier molecular flexibility index (Phi) is 11.5. The fourth-order valence-corrected chi connectivity index (χ4v) is 15.4. The van der Waals surface area contributed by atoms with Crippen LogP contribution in [0.3, 0.4) is 0 Å². The molecule has 7 aliphatic rings. The van der Waals surface area contributed by atoms with Gasteiger partial charge in [0.1, 0.15) is 12.4 Å². The Labute approximate surface area is 322 Å². The molecule has 2 N–H and O–H groups in total. The number of carbonyl (C=O) groups is 1. The van der Waals surface area contributed by atoms with Gasteiger partial charge in [-0.15, -0.1) is 0 Å². The quantitative estimate of drug-likeness (QED) is 0.236. The predicted octanol–water partition coefficient (Wildman–Crippen LogP) is 9.29. The first-order valence-corrected chi connectivity index (χ1v) is 23.7. The topological polar surface area (TPSA) is 128 Å². The maximum Gasteiger partial charge on any atom is 0.407 e. The van der Waals surface area contributed by atoms with Crippen molar-refractivity contribution in [2.75, 3.05) is 19.4 Å². The van der Waals surface area contributed by atoms with Crippen molar-refractivity contribution in [3.8, 4) is 0 Å². The number of aliphatic hydroxyl groups is 1. The van der Waals surface area contributed by atoms with Crippen molar-refractivity contribution in [1.82, 2.24) is 10.2 Å². The third kappa shape index (κ3) is 7.78. The molecule has 10 nitrogen and oxygen atoms in total. The molecule has 11 heteroatoms. The maximum absolute atomic E-state index is 14.3. The van der Waals surface area contributed by atoms with Crippen molar-refractivity contribution in [3.05, 3.63) is 34.4 Å². The van der Waals surface area contributed by atoms with Crippen LogP contribution in [0.4, 0.5) is 4.79 Å². The normalized spacial score (nSPS) is 38.6. The number of ether oxygens (including phenoxy) is 1. The van der Waals surface area contributed by atoms with E-state index < -0.39 is 13.2 Å². The summed E-state index contributed by atoms with van der Waals surface area (Å²) < 4.78 is 38.4. The Morgan fingerprint density at radius 1 is 0.833 bits per heavy atom. The predicted molar refractivity (Wildman–Crippen MR) is 207 cm³/mol. The molecule has 302 valence electrons. The molecule has 1 saturated heterocycles. The van der Waals surface area contributed by atoms with E-state index in [1.807, 2.05) is 6.07 Å². The van der Waals surface area contributed by atoms with Crippen LogP contribution in [-0.2, 0) is 18.3 Å². The van der Waals surface area contributed by atoms with Crippen LogP contribution in [0.15, 0.2) is 27.6 Å². The van der Waals surface area contributed by atoms with Crippen LogP contribution in [0.5, 0.6) is 0 Å². The molecule has 1 aromatic rings. The zero-order chi connectivity index (χ0) is 37.6. The summed E-state index contributed by atoms with van der Waals surface area (Å²) in [6.45, 7) is 6.24. The lowest BCUT2D eigenvalue weighted by molar-refractivity contribution is -0.205. The molecule has 54 heavy (non-hydrogen) atoms. The zero-order valence-electron chi connectivity index (χ0n) is 33.0. The number of hydrogen-bond donors (Lipinski definition) is 2. The summed E-state index contributed by atoms with van der Waals surface area (Å²) in [6.07, 6.45) is 22.7. The van der Waals surface area contributed by atoms with Gasteiger partial charge in [-0.05, 0) is 137 Å². The Hall–Kier alpha value is -1.71. The highest BCUT2D eigenvalue weighted by molar-refractivity contribution is 7.53. The van der Waals surface area contributed by atoms with Gasteiger partial charge in [0.25, 0.3) is 0 Å². The molecule has 0 aromatic carbocycles. The van der Waals surface area contributed by atoms with Gasteiger partial charge in [-0.1, -0.05) is 52.4 Å². The van der Waals surface area contributed by atoms with Gasteiger partial charge in [-0.2, -0.15) is 0 Å². The van der Waals surface area contributed by atoms with Crippen LogP contribution in [0, 0.1) is 28.6 Å². The summed E-state index contributed by atoms with van der Waals surface area (Å²) in [6, 6.07) is 3.45. The molecule has 0 spiro atoms. The minimum atomic E-state index is -3.27. The third-order valence-corrected chi connectivity index (χ3v) is 18.2. The van der Waals surface area contributed by atoms with Crippen LogP contribution in [0.2, 0.25) is 0 Å². The molecule has 1 aliphatic heterocycles. The number of amides is 1. The van der Waals surface area contributed by atoms with Gasteiger partial charge in [0.05, 0.1) is 24.1 Å². The standard InChI is InChI=1S/C43H67N2O8P/c1-41-22-17-35(27-31(41)14-15-38-37(41)18-23-42(2)36(19-24-43(38,42)48)30-13-16-39(46)50-28-30)51-40(47)44-32-20-25-45(26-21-32)29-54(49,52-33-9-5-3-6-10-33)53-34-11-7-4-8-12-34/h13,16,28,31-38,48H,3-12,14-15,17-27,29H2,1-2H3,(H,44,47)/t31-,35+,36-,37+,38-,41+,42-,43+/m1/s1. The lowest BCUT2D eigenvalue weighted by Crippen LogP contribution is -2.62. The summed E-state index contributed by atoms with van der Waals surface area (Å²) in [5.41, 5.74) is -0.129. The van der Waals surface area contributed by atoms with Crippen molar-refractivity contribution in [2.45, 2.75) is 185 Å². The van der Waals surface area contributed by atoms with E-state index in [0.717, 1.165) is 141 Å². The fourth-order valence-electron chi connectivity index (χ4n) is 13.1. The monoisotopic (exact) mass is 770 g/mol. The van der Waals surface area contributed by atoms with E-state index in [1.54, 1.807) is 6.26 Å². The molecular weight excluding hydrogens is 703 g/mol. The van der Waals surface area contributed by atoms with E-state index in [4.69, 9.17) is 18.2 Å². The Bertz CT molecular complexity index is 1520. The third-order valence-electron chi connectivity index (χ3n) is 16.2. The summed E-state index contributed by atoms with van der Waals surface area (Å²) in [5, 5.41) is 15.8. The van der Waals surface area contributed by atoms with Crippen LogP contribution < -0.4 is 10.9 Å². The first kappa shape index (κ1) is 39.1. The first-order chi connectivity index (χ1) is 26.0. The number of likely N-dealkylation sites (tertiary alicyclic amines) is 1. The highest BCUT2D eigenvalue weighted by Gasteiger charge is 2.67. The Morgan fingerprint density at radius 2 is 1.52 bits per heavy atom. The van der Waals surface area contributed by atoms with E-state index in [-0.39, 0.29) is 58.7 Å². The maximum atomic E-state index is 14.3. The molecule has 6 saturated carbocycles. The van der Waals surface area contributed by atoms with E-state index in [2.05, 4.69) is 24.1 Å². The van der Waals surface area contributed by atoms with Crippen molar-refractivity contribution < 1.29 is 32.7 Å². The number of piperidine rings is 1. The van der Waals surface area contributed by atoms with E-state index in [0.29, 0.717) is 18.1 Å². The lowest BCUT2D eigenvalue weighted by Gasteiger charge is -2.63. The van der Waals surface area contributed by atoms with Crippen LogP contribution in [0.25, 0.3) is 0 Å². The second kappa shape index (κ2) is 15.9. The Morgan fingerprint density at radius 3 is 2.17 bits per heavy atom. The molecule has 1 amide bonds. The van der Waals surface area contributed by atoms with Gasteiger partial charge in [0.2, 0.25) is 0 Å². The van der Waals surface area contributed by atoms with Crippen molar-refractivity contribution in [1.29, 1.82) is 0 Å². The van der Waals surface area contributed by atoms with Crippen molar-refractivity contribution in [2.24, 2.45) is 28.6 Å². The largest absolute Gasteiger partial charge is 0.446 e. The lowest BCUT2D eigenvalue weighted by atomic mass is 9.43. The molecule has 0 bridgehead atoms. The highest BCUT2D eigenvalue weighted by atomic mass is 31.2. The molecule has 6 aliphatic carbocycles. The smallest absolute Gasteiger partial charge is 0.407 e. The molecule has 8 atom stereocenters. The molecule has 7 fully saturated rings. The number of fused-ring (bicyclic) bond motifs is 5. The molecule has 1 aromatic heterocycles. The van der Waals surface area contributed by atoms with E-state index in [9.17, 15) is 19.3 Å². The number of hydrogen-bond acceptors (Lipinski definition) is 9. The fraction of sp³-hybridized carbons (Fsp3) is 0.860. The SMILES string of the molecule is C[C@]12CC[C@H](OC(=O)NC3CCN(CP(=O)(OC4CCCCC4)OC4CCCCC4)CC3)C[C@H]1CC[C@@H]1[C@@H]2CC[C@]2(C)[C@@H](c3ccc(=O)oc3)CC[C@]12O. The second-order valence-corrected chi connectivity index (χ2v) is 21.1. The number of carbonyl (C=O) groups excluding carboxylic acids is 1.